The van der Waals surface area contributed by atoms with Crippen molar-refractivity contribution < 1.29 is 4.74 Å². The number of ether oxygens (including phenoxy) is 1. The van der Waals surface area contributed by atoms with Crippen LogP contribution in [-0.4, -0.2) is 18.6 Å². The van der Waals surface area contributed by atoms with Gasteiger partial charge in [0.05, 0.1) is 12.6 Å². The minimum atomic E-state index is 0. The molecule has 130 valence electrons. The lowest BCUT2D eigenvalue weighted by Crippen LogP contribution is -2.34. The normalized spacial score (nSPS) is 16.0. The molecule has 1 fully saturated rings. The molecule has 1 aliphatic rings. The number of nitrogens with two attached hydrogens (primary N) is 1. The molecule has 0 radical (unpaired) electrons. The summed E-state index contributed by atoms with van der Waals surface area (Å²) in [5.74, 6) is 2.02. The van der Waals surface area contributed by atoms with Crippen LogP contribution in [0.1, 0.15) is 51.5 Å². The molecule has 1 aromatic rings. The Morgan fingerprint density at radius 1 is 1.30 bits per heavy atom. The van der Waals surface area contributed by atoms with Crippen LogP contribution in [0.5, 0.6) is 5.75 Å². The third kappa shape index (κ3) is 7.90. The first-order chi connectivity index (χ1) is 10.6. The van der Waals surface area contributed by atoms with E-state index in [1.165, 1.54) is 32.1 Å². The highest BCUT2D eigenvalue weighted by Gasteiger charge is 2.14. The van der Waals surface area contributed by atoms with E-state index in [0.29, 0.717) is 24.5 Å². The Balaban J connectivity index is 0.00000264. The molecule has 3 N–H and O–H groups in total. The summed E-state index contributed by atoms with van der Waals surface area (Å²) in [5, 5.41) is 3.13. The third-order valence-electron chi connectivity index (χ3n) is 3.88. The molecule has 0 aliphatic heterocycles. The van der Waals surface area contributed by atoms with Gasteiger partial charge in [-0.1, -0.05) is 32.4 Å². The first kappa shape index (κ1) is 20.1. The van der Waals surface area contributed by atoms with Gasteiger partial charge >= 0.3 is 0 Å². The van der Waals surface area contributed by atoms with Crippen LogP contribution in [0.25, 0.3) is 0 Å². The molecule has 0 unspecified atom stereocenters. The van der Waals surface area contributed by atoms with Gasteiger partial charge in [0.1, 0.15) is 5.75 Å². The highest BCUT2D eigenvalue weighted by atomic mass is 127. The lowest BCUT2D eigenvalue weighted by atomic mass is 9.98. The third-order valence-corrected chi connectivity index (χ3v) is 3.88. The molecular formula is C18H30IN3O. The van der Waals surface area contributed by atoms with Crippen molar-refractivity contribution in [1.29, 1.82) is 0 Å². The van der Waals surface area contributed by atoms with Crippen molar-refractivity contribution in [2.24, 2.45) is 16.6 Å². The van der Waals surface area contributed by atoms with E-state index in [0.717, 1.165) is 17.9 Å². The Hall–Kier alpha value is -0.980. The minimum absolute atomic E-state index is 0. The molecule has 0 aromatic heterocycles. The first-order valence-electron chi connectivity index (χ1n) is 8.43. The Bertz CT molecular complexity index is 485. The van der Waals surface area contributed by atoms with Crippen molar-refractivity contribution in [3.8, 4) is 5.75 Å². The van der Waals surface area contributed by atoms with Crippen molar-refractivity contribution in [3.63, 3.8) is 0 Å². The van der Waals surface area contributed by atoms with Gasteiger partial charge in [-0.15, -0.1) is 24.0 Å². The van der Waals surface area contributed by atoms with Gasteiger partial charge in [-0.3, -0.25) is 0 Å². The summed E-state index contributed by atoms with van der Waals surface area (Å²) >= 11 is 0. The van der Waals surface area contributed by atoms with Gasteiger partial charge in [-0.2, -0.15) is 0 Å². The maximum atomic E-state index is 6.09. The zero-order valence-corrected chi connectivity index (χ0v) is 16.6. The Kier molecular flexibility index (Phi) is 9.36. The molecule has 0 saturated heterocycles. The molecule has 0 spiro atoms. The molecule has 1 aromatic carbocycles. The van der Waals surface area contributed by atoms with E-state index in [1.54, 1.807) is 0 Å². The van der Waals surface area contributed by atoms with Crippen LogP contribution < -0.4 is 15.8 Å². The quantitative estimate of drug-likeness (QED) is 0.406. The SMILES string of the molecule is CC(C)CNC(N)=NCc1cccc(OC2CCCCC2)c1.I. The van der Waals surface area contributed by atoms with E-state index in [2.05, 4.69) is 36.3 Å². The van der Waals surface area contributed by atoms with Crippen LogP contribution in [-0.2, 0) is 6.54 Å². The van der Waals surface area contributed by atoms with Crippen molar-refractivity contribution >= 4 is 29.9 Å². The Morgan fingerprint density at radius 2 is 2.04 bits per heavy atom. The Labute approximate surface area is 157 Å². The zero-order valence-electron chi connectivity index (χ0n) is 14.3. The van der Waals surface area contributed by atoms with Crippen molar-refractivity contribution in [3.05, 3.63) is 29.8 Å². The second-order valence-electron chi connectivity index (χ2n) is 6.50. The van der Waals surface area contributed by atoms with Crippen molar-refractivity contribution in [2.45, 2.75) is 58.6 Å². The van der Waals surface area contributed by atoms with E-state index in [1.807, 2.05) is 12.1 Å². The van der Waals surface area contributed by atoms with Gasteiger partial charge in [0.25, 0.3) is 0 Å². The molecular weight excluding hydrogens is 401 g/mol. The molecule has 23 heavy (non-hydrogen) atoms. The number of hydrogen-bond acceptors (Lipinski definition) is 2. The number of nitrogens with one attached hydrogen (secondary N) is 1. The summed E-state index contributed by atoms with van der Waals surface area (Å²) in [4.78, 5) is 4.38. The maximum absolute atomic E-state index is 6.09. The van der Waals surface area contributed by atoms with Gasteiger partial charge < -0.3 is 15.8 Å². The summed E-state index contributed by atoms with van der Waals surface area (Å²) in [6.45, 7) is 5.72. The summed E-state index contributed by atoms with van der Waals surface area (Å²) < 4.78 is 6.09. The summed E-state index contributed by atoms with van der Waals surface area (Å²) in [5.41, 5.74) is 6.99. The first-order valence-corrected chi connectivity index (χ1v) is 8.43. The second kappa shape index (κ2) is 10.7. The van der Waals surface area contributed by atoms with Crippen LogP contribution in [0, 0.1) is 5.92 Å². The fourth-order valence-electron chi connectivity index (χ4n) is 2.63. The molecule has 0 bridgehead atoms. The zero-order chi connectivity index (χ0) is 15.8. The van der Waals surface area contributed by atoms with Crippen LogP contribution in [0.15, 0.2) is 29.3 Å². The van der Waals surface area contributed by atoms with E-state index in [9.17, 15) is 0 Å². The largest absolute Gasteiger partial charge is 0.490 e. The summed E-state index contributed by atoms with van der Waals surface area (Å²) in [7, 11) is 0. The number of guanidine groups is 1. The van der Waals surface area contributed by atoms with E-state index in [-0.39, 0.29) is 24.0 Å². The van der Waals surface area contributed by atoms with Crippen LogP contribution in [0.3, 0.4) is 0 Å². The molecule has 4 nitrogen and oxygen atoms in total. The van der Waals surface area contributed by atoms with Crippen LogP contribution in [0.4, 0.5) is 0 Å². The van der Waals surface area contributed by atoms with Gasteiger partial charge in [0.15, 0.2) is 5.96 Å². The second-order valence-corrected chi connectivity index (χ2v) is 6.50. The number of nitrogens with zero attached hydrogens (tertiary/aromatic N) is 1. The number of aliphatic imine (C=N–C) groups is 1. The highest BCUT2D eigenvalue weighted by Crippen LogP contribution is 2.24. The fourth-order valence-corrected chi connectivity index (χ4v) is 2.63. The van der Waals surface area contributed by atoms with Gasteiger partial charge in [-0.25, -0.2) is 4.99 Å². The molecule has 0 heterocycles. The average molecular weight is 431 g/mol. The van der Waals surface area contributed by atoms with Crippen molar-refractivity contribution in [2.75, 3.05) is 6.54 Å². The highest BCUT2D eigenvalue weighted by molar-refractivity contribution is 14.0. The Morgan fingerprint density at radius 3 is 2.74 bits per heavy atom. The number of hydrogen-bond donors (Lipinski definition) is 2. The molecule has 1 aliphatic carbocycles. The van der Waals surface area contributed by atoms with Gasteiger partial charge in [0, 0.05) is 6.54 Å². The monoisotopic (exact) mass is 431 g/mol. The van der Waals surface area contributed by atoms with Crippen LogP contribution >= 0.6 is 24.0 Å². The lowest BCUT2D eigenvalue weighted by molar-refractivity contribution is 0.155. The smallest absolute Gasteiger partial charge is 0.188 e. The van der Waals surface area contributed by atoms with Crippen molar-refractivity contribution in [1.82, 2.24) is 5.32 Å². The summed E-state index contributed by atoms with van der Waals surface area (Å²) in [6, 6.07) is 8.20. The number of rotatable bonds is 6. The van der Waals surface area contributed by atoms with E-state index < -0.39 is 0 Å². The van der Waals surface area contributed by atoms with Crippen LogP contribution in [0.2, 0.25) is 0 Å². The molecule has 1 saturated carbocycles. The summed E-state index contributed by atoms with van der Waals surface area (Å²) in [6.07, 6.45) is 6.64. The van der Waals surface area contributed by atoms with Gasteiger partial charge in [0.2, 0.25) is 0 Å². The number of benzene rings is 1. The molecule has 0 amide bonds. The molecule has 5 heteroatoms. The predicted molar refractivity (Wildman–Crippen MR) is 108 cm³/mol. The minimum Gasteiger partial charge on any atom is -0.490 e. The number of halogens is 1. The van der Waals surface area contributed by atoms with E-state index >= 15 is 0 Å². The lowest BCUT2D eigenvalue weighted by Gasteiger charge is -2.23. The standard InChI is InChI=1S/C18H29N3O.HI/c1-14(2)12-20-18(19)21-13-15-7-6-10-17(11-15)22-16-8-4-3-5-9-16;/h6-7,10-11,14,16H,3-5,8-9,12-13H2,1-2H3,(H3,19,20,21);1H. The molecule has 2 rings (SSSR count). The maximum Gasteiger partial charge on any atom is 0.188 e. The fraction of sp³-hybridized carbons (Fsp3) is 0.611. The predicted octanol–water partition coefficient (Wildman–Crippen LogP) is 4.08. The topological polar surface area (TPSA) is 59.6 Å². The van der Waals surface area contributed by atoms with E-state index in [4.69, 9.17) is 10.5 Å². The molecule has 0 atom stereocenters. The van der Waals surface area contributed by atoms with Gasteiger partial charge in [-0.05, 0) is 49.3 Å². The average Bonchev–Trinajstić information content (AvgIpc) is 2.52.